The lowest BCUT2D eigenvalue weighted by Gasteiger charge is -2.48. The second kappa shape index (κ2) is 12.1. The summed E-state index contributed by atoms with van der Waals surface area (Å²) in [7, 11) is 1.54. The van der Waals surface area contributed by atoms with Crippen LogP contribution in [0.15, 0.2) is 71.7 Å². The molecule has 0 N–H and O–H groups in total. The Morgan fingerprint density at radius 2 is 1.51 bits per heavy atom. The molecule has 1 saturated heterocycles. The molecule has 0 amide bonds. The summed E-state index contributed by atoms with van der Waals surface area (Å²) in [6.45, 7) is 8.74. The average molecular weight is 507 g/mol. The van der Waals surface area contributed by atoms with E-state index in [2.05, 4.69) is 11.8 Å². The van der Waals surface area contributed by atoms with E-state index in [0.717, 1.165) is 11.1 Å². The minimum Gasteiger partial charge on any atom is -0.493 e. The summed E-state index contributed by atoms with van der Waals surface area (Å²) < 4.78 is 39.9. The molecule has 0 aliphatic carbocycles. The number of amidine groups is 1. The molecule has 1 heterocycles. The Labute approximate surface area is 218 Å². The maximum Gasteiger partial charge on any atom is 0.207 e. The fraction of sp³-hybridized carbons (Fsp3) is 0.367. The van der Waals surface area contributed by atoms with Crippen molar-refractivity contribution in [3.63, 3.8) is 0 Å². The highest BCUT2D eigenvalue weighted by atomic mass is 19.1. The lowest BCUT2D eigenvalue weighted by atomic mass is 9.96. The molecule has 6 nitrogen and oxygen atoms in total. The third kappa shape index (κ3) is 5.88. The number of hydrogen-bond acceptors (Lipinski definition) is 5. The number of halogens is 1. The van der Waals surface area contributed by atoms with Crippen LogP contribution in [0.2, 0.25) is 0 Å². The number of likely N-dealkylation sites (N-methyl/N-ethyl adjacent to an activating group) is 1. The van der Waals surface area contributed by atoms with Gasteiger partial charge in [0.05, 0.1) is 31.4 Å². The van der Waals surface area contributed by atoms with Gasteiger partial charge in [-0.15, -0.1) is 0 Å². The van der Waals surface area contributed by atoms with Gasteiger partial charge in [-0.3, -0.25) is 4.99 Å². The van der Waals surface area contributed by atoms with E-state index >= 15 is 4.39 Å². The van der Waals surface area contributed by atoms with E-state index in [9.17, 15) is 0 Å². The van der Waals surface area contributed by atoms with Gasteiger partial charge < -0.3 is 23.8 Å². The summed E-state index contributed by atoms with van der Waals surface area (Å²) in [5, 5.41) is 0. The molecular weight excluding hydrogens is 471 g/mol. The predicted molar refractivity (Wildman–Crippen MR) is 143 cm³/mol. The molecule has 37 heavy (non-hydrogen) atoms. The Bertz CT molecular complexity index is 1200. The maximum absolute atomic E-state index is 16.5. The predicted octanol–water partition coefficient (Wildman–Crippen LogP) is 5.87. The highest BCUT2D eigenvalue weighted by Gasteiger charge is 2.42. The molecule has 1 aliphatic heterocycles. The molecular formula is C30H35FN2O4. The summed E-state index contributed by atoms with van der Waals surface area (Å²) in [6, 6.07) is 21.0. The van der Waals surface area contributed by atoms with Crippen molar-refractivity contribution in [2.75, 3.05) is 33.4 Å². The zero-order valence-electron chi connectivity index (χ0n) is 22.0. The molecule has 3 aromatic rings. The second-order valence-electron chi connectivity index (χ2n) is 9.18. The van der Waals surface area contributed by atoms with Gasteiger partial charge in [-0.25, -0.2) is 4.39 Å². The summed E-state index contributed by atoms with van der Waals surface area (Å²) in [4.78, 5) is 6.83. The summed E-state index contributed by atoms with van der Waals surface area (Å²) in [5.41, 5.74) is 1.91. The quantitative estimate of drug-likeness (QED) is 0.241. The Hall–Kier alpha value is -3.58. The molecule has 0 bridgehead atoms. The minimum atomic E-state index is -0.533. The van der Waals surface area contributed by atoms with E-state index in [1.165, 1.54) is 0 Å². The molecule has 0 saturated carbocycles. The lowest BCUT2D eigenvalue weighted by molar-refractivity contribution is -0.105. The van der Waals surface area contributed by atoms with Crippen LogP contribution in [0.25, 0.3) is 0 Å². The Kier molecular flexibility index (Phi) is 8.66. The van der Waals surface area contributed by atoms with E-state index in [0.29, 0.717) is 43.5 Å². The van der Waals surface area contributed by atoms with Crippen LogP contribution in [0, 0.1) is 5.82 Å². The minimum absolute atomic E-state index is 0.00371. The number of benzene rings is 3. The molecule has 4 rings (SSSR count). The third-order valence-corrected chi connectivity index (χ3v) is 6.41. The van der Waals surface area contributed by atoms with Crippen LogP contribution in [0.3, 0.4) is 0 Å². The molecule has 0 radical (unpaired) electrons. The van der Waals surface area contributed by atoms with E-state index < -0.39 is 5.82 Å². The maximum atomic E-state index is 16.5. The van der Waals surface area contributed by atoms with Crippen molar-refractivity contribution < 1.29 is 23.3 Å². The Balaban J connectivity index is 1.79. The van der Waals surface area contributed by atoms with Crippen molar-refractivity contribution in [1.29, 1.82) is 0 Å². The van der Waals surface area contributed by atoms with E-state index in [1.54, 1.807) is 13.2 Å². The lowest BCUT2D eigenvalue weighted by Crippen LogP contribution is -2.62. The molecule has 3 aromatic carbocycles. The molecule has 0 aromatic heterocycles. The first-order chi connectivity index (χ1) is 18.0. The van der Waals surface area contributed by atoms with Gasteiger partial charge >= 0.3 is 0 Å². The first-order valence-corrected chi connectivity index (χ1v) is 12.6. The van der Waals surface area contributed by atoms with Crippen molar-refractivity contribution in [3.05, 3.63) is 89.2 Å². The summed E-state index contributed by atoms with van der Waals surface area (Å²) >= 11 is 0. The number of ether oxygens (including phenoxy) is 4. The Morgan fingerprint density at radius 3 is 1.97 bits per heavy atom. The largest absolute Gasteiger partial charge is 0.493 e. The van der Waals surface area contributed by atoms with Crippen LogP contribution < -0.4 is 14.2 Å². The Morgan fingerprint density at radius 1 is 0.946 bits per heavy atom. The van der Waals surface area contributed by atoms with Gasteiger partial charge in [0.1, 0.15) is 19.0 Å². The zero-order chi connectivity index (χ0) is 26.3. The third-order valence-electron chi connectivity index (χ3n) is 6.41. The van der Waals surface area contributed by atoms with Gasteiger partial charge in [-0.2, -0.15) is 0 Å². The molecule has 0 atom stereocenters. The number of rotatable bonds is 11. The van der Waals surface area contributed by atoms with Gasteiger partial charge in [0.2, 0.25) is 11.5 Å². The topological polar surface area (TPSA) is 52.5 Å². The van der Waals surface area contributed by atoms with E-state index in [-0.39, 0.29) is 30.3 Å². The van der Waals surface area contributed by atoms with Gasteiger partial charge in [0.25, 0.3) is 0 Å². The average Bonchev–Trinajstić information content (AvgIpc) is 2.91. The van der Waals surface area contributed by atoms with E-state index in [1.807, 2.05) is 74.5 Å². The van der Waals surface area contributed by atoms with Gasteiger partial charge in [0.15, 0.2) is 11.6 Å². The molecule has 1 aliphatic rings. The van der Waals surface area contributed by atoms with Crippen molar-refractivity contribution in [2.45, 2.75) is 39.5 Å². The summed E-state index contributed by atoms with van der Waals surface area (Å²) in [6.07, 6.45) is 0. The van der Waals surface area contributed by atoms with E-state index in [4.69, 9.17) is 23.9 Å². The number of methoxy groups -OCH3 is 1. The molecule has 7 heteroatoms. The molecule has 1 fully saturated rings. The monoisotopic (exact) mass is 506 g/mol. The first-order valence-electron chi connectivity index (χ1n) is 12.6. The van der Waals surface area contributed by atoms with Crippen LogP contribution >= 0.6 is 0 Å². The van der Waals surface area contributed by atoms with Crippen molar-refractivity contribution in [3.8, 4) is 17.2 Å². The van der Waals surface area contributed by atoms with Crippen molar-refractivity contribution >= 4 is 5.84 Å². The zero-order valence-corrected chi connectivity index (χ0v) is 22.0. The number of nitrogens with zero attached hydrogens (tertiary/aromatic N) is 2. The van der Waals surface area contributed by atoms with Crippen LogP contribution in [-0.4, -0.2) is 49.7 Å². The normalized spacial score (nSPS) is 14.6. The fourth-order valence-electron chi connectivity index (χ4n) is 4.44. The molecule has 0 unspecified atom stereocenters. The van der Waals surface area contributed by atoms with Gasteiger partial charge in [-0.05, 0) is 38.0 Å². The standard InChI is InChI=1S/C30H35FN2O4/c1-5-32-29(33(6-2)30(3)20-35-21-30)24-17-25(34-4)27(36-18-22-13-9-7-10-14-22)28(26(24)31)37-19-23-15-11-8-12-16-23/h7-17H,5-6,18-21H2,1-4H3. The van der Waals surface area contributed by atoms with Crippen LogP contribution in [0.4, 0.5) is 4.39 Å². The fourth-order valence-corrected chi connectivity index (χ4v) is 4.44. The smallest absolute Gasteiger partial charge is 0.207 e. The number of aliphatic imine (C=N–C) groups is 1. The SMILES string of the molecule is CCN=C(c1cc(OC)c(OCc2ccccc2)c(OCc2ccccc2)c1F)N(CC)C1(C)COC1. The number of hydrogen-bond donors (Lipinski definition) is 0. The highest BCUT2D eigenvalue weighted by Crippen LogP contribution is 2.43. The molecule has 0 spiro atoms. The van der Waals surface area contributed by atoms with Crippen LogP contribution in [0.1, 0.15) is 37.5 Å². The molecule has 196 valence electrons. The van der Waals surface area contributed by atoms with Crippen molar-refractivity contribution in [1.82, 2.24) is 4.90 Å². The van der Waals surface area contributed by atoms with Crippen molar-refractivity contribution in [2.24, 2.45) is 4.99 Å². The van der Waals surface area contributed by atoms with Crippen LogP contribution in [0.5, 0.6) is 17.2 Å². The van der Waals surface area contributed by atoms with Gasteiger partial charge in [-0.1, -0.05) is 60.7 Å². The first kappa shape index (κ1) is 26.5. The highest BCUT2D eigenvalue weighted by molar-refractivity contribution is 6.01. The van der Waals surface area contributed by atoms with Crippen LogP contribution in [-0.2, 0) is 18.0 Å². The second-order valence-corrected chi connectivity index (χ2v) is 9.18. The van der Waals surface area contributed by atoms with Gasteiger partial charge in [0, 0.05) is 13.1 Å². The summed E-state index contributed by atoms with van der Waals surface area (Å²) in [5.74, 6) is 0.620.